The fraction of sp³-hybridized carbons (Fsp3) is 1.00. The first kappa shape index (κ1) is 42.9. The van der Waals surface area contributed by atoms with E-state index in [1.54, 1.807) is 34.6 Å². The molecule has 0 amide bonds. The first-order valence-electron chi connectivity index (χ1n) is 5.12. The summed E-state index contributed by atoms with van der Waals surface area (Å²) < 4.78 is 0. The van der Waals surface area contributed by atoms with Crippen LogP contribution in [0.3, 0.4) is 0 Å². The molecule has 17 heavy (non-hydrogen) atoms. The van der Waals surface area contributed by atoms with Crippen LogP contribution in [0.5, 0.6) is 0 Å². The minimum absolute atomic E-state index is 0. The summed E-state index contributed by atoms with van der Waals surface area (Å²) in [7, 11) is 0. The van der Waals surface area contributed by atoms with Gasteiger partial charge in [0.1, 0.15) is 0 Å². The van der Waals surface area contributed by atoms with E-state index in [-0.39, 0.29) is 78.5 Å². The molecule has 0 aliphatic rings. The van der Waals surface area contributed by atoms with Crippen molar-refractivity contribution in [3.63, 3.8) is 0 Å². The van der Waals surface area contributed by atoms with E-state index in [1.165, 1.54) is 0 Å². The molecule has 0 saturated heterocycles. The van der Waals surface area contributed by atoms with Crippen molar-refractivity contribution >= 4 is 23.1 Å². The third-order valence-corrected chi connectivity index (χ3v) is 0. The Morgan fingerprint density at radius 1 is 0.471 bits per heavy atom. The molecule has 0 aliphatic heterocycles. The fourth-order valence-corrected chi connectivity index (χ4v) is 0. The number of hydrogen-bond donors (Lipinski definition) is 5. The van der Waals surface area contributed by atoms with Crippen LogP contribution in [0.25, 0.3) is 0 Å². The van der Waals surface area contributed by atoms with E-state index >= 15 is 0 Å². The third-order valence-electron chi connectivity index (χ3n) is 0. The molecule has 0 spiro atoms. The molecule has 7 heteroatoms. The smallest absolute Gasteiger partial charge is 0.397 e. The third kappa shape index (κ3) is 2380. The van der Waals surface area contributed by atoms with Crippen molar-refractivity contribution in [3.05, 3.63) is 0 Å². The maximum absolute atomic E-state index is 7.57. The summed E-state index contributed by atoms with van der Waals surface area (Å²) in [4.78, 5) is 0. The molecule has 0 heterocycles. The van der Waals surface area contributed by atoms with Crippen molar-refractivity contribution in [2.75, 3.05) is 33.0 Å². The van der Waals surface area contributed by atoms with E-state index in [9.17, 15) is 0 Å². The van der Waals surface area contributed by atoms with Gasteiger partial charge in [0.15, 0.2) is 0 Å². The predicted octanol–water partition coefficient (Wildman–Crippen LogP) is -0.390. The maximum Gasteiger partial charge on any atom is 2.00 e. The van der Waals surface area contributed by atoms with Crippen LogP contribution in [0.1, 0.15) is 34.6 Å². The predicted molar refractivity (Wildman–Crippen MR) is 69.6 cm³/mol. The van der Waals surface area contributed by atoms with E-state index in [1.807, 2.05) is 0 Å². The molecule has 0 saturated carbocycles. The van der Waals surface area contributed by atoms with Gasteiger partial charge >= 0.3 is 23.1 Å². The van der Waals surface area contributed by atoms with Crippen molar-refractivity contribution in [3.8, 4) is 0 Å². The van der Waals surface area contributed by atoms with Crippen molar-refractivity contribution in [2.24, 2.45) is 0 Å². The molecule has 0 rings (SSSR count). The zero-order valence-corrected chi connectivity index (χ0v) is 15.5. The Kier molecular flexibility index (Phi) is 292. The van der Waals surface area contributed by atoms with Gasteiger partial charge in [-0.05, 0) is 34.6 Å². The summed E-state index contributed by atoms with van der Waals surface area (Å²) in [6.45, 7) is 9.65. The summed E-state index contributed by atoms with van der Waals surface area (Å²) in [5.74, 6) is 0. The van der Waals surface area contributed by atoms with Gasteiger partial charge in [0.25, 0.3) is 0 Å². The van der Waals surface area contributed by atoms with E-state index in [2.05, 4.69) is 0 Å². The van der Waals surface area contributed by atoms with E-state index in [0.29, 0.717) is 0 Å². The van der Waals surface area contributed by atoms with Crippen LogP contribution in [0, 0.1) is 0 Å². The quantitative estimate of drug-likeness (QED) is 0.384. The SMILES string of the molecule is CCO.CCO.CCO.CCO.CCO.[Mg+2].[Nb]. The van der Waals surface area contributed by atoms with Crippen LogP contribution in [0.15, 0.2) is 0 Å². The average Bonchev–Trinajstić information content (AvgIpc) is 2.09. The second-order valence-electron chi connectivity index (χ2n) is 1.58. The first-order valence-corrected chi connectivity index (χ1v) is 5.12. The Labute approximate surface area is 138 Å². The normalized spacial score (nSPS) is 5.29. The van der Waals surface area contributed by atoms with E-state index in [0.717, 1.165) is 0 Å². The molecule has 0 unspecified atom stereocenters. The van der Waals surface area contributed by atoms with Crippen LogP contribution >= 0.6 is 0 Å². The molecule has 105 valence electrons. The van der Waals surface area contributed by atoms with Gasteiger partial charge in [-0.1, -0.05) is 0 Å². The molecule has 0 aromatic rings. The second-order valence-corrected chi connectivity index (χ2v) is 1.58. The molecule has 0 fully saturated rings. The van der Waals surface area contributed by atoms with E-state index in [4.69, 9.17) is 25.5 Å². The van der Waals surface area contributed by atoms with Gasteiger partial charge in [-0.2, -0.15) is 0 Å². The molecule has 1 radical (unpaired) electrons. The van der Waals surface area contributed by atoms with Crippen molar-refractivity contribution < 1.29 is 47.9 Å². The van der Waals surface area contributed by atoms with Gasteiger partial charge in [-0.25, -0.2) is 0 Å². The largest absolute Gasteiger partial charge is 2.00 e. The number of hydrogen-bond acceptors (Lipinski definition) is 5. The van der Waals surface area contributed by atoms with Crippen LogP contribution in [-0.2, 0) is 22.4 Å². The molecule has 5 N–H and O–H groups in total. The van der Waals surface area contributed by atoms with Gasteiger partial charge in [0.05, 0.1) is 0 Å². The summed E-state index contributed by atoms with van der Waals surface area (Å²) in [6.07, 6.45) is 0. The Morgan fingerprint density at radius 2 is 0.471 bits per heavy atom. The Hall–Kier alpha value is 1.31. The Morgan fingerprint density at radius 3 is 0.471 bits per heavy atom. The second kappa shape index (κ2) is 116. The number of aliphatic hydroxyl groups excluding tert-OH is 5. The maximum atomic E-state index is 7.57. The summed E-state index contributed by atoms with van der Waals surface area (Å²) in [6, 6.07) is 0. The molecule has 0 atom stereocenters. The molecular formula is C10H30MgNbO5+2. The molecule has 0 aromatic heterocycles. The van der Waals surface area contributed by atoms with Gasteiger partial charge in [0, 0.05) is 55.4 Å². The number of rotatable bonds is 0. The standard InChI is InChI=1S/5C2H6O.Mg.Nb/c5*1-2-3;;/h5*3H,2H2,1H3;;/q;;;;;+2;. The molecule has 0 aliphatic carbocycles. The van der Waals surface area contributed by atoms with E-state index < -0.39 is 0 Å². The summed E-state index contributed by atoms with van der Waals surface area (Å²) in [5, 5.41) is 37.8. The van der Waals surface area contributed by atoms with Crippen molar-refractivity contribution in [1.29, 1.82) is 0 Å². The van der Waals surface area contributed by atoms with Gasteiger partial charge in [0.2, 0.25) is 0 Å². The van der Waals surface area contributed by atoms with Crippen LogP contribution in [0.4, 0.5) is 0 Å². The zero-order valence-electron chi connectivity index (χ0n) is 11.9. The molecule has 0 aromatic carbocycles. The average molecular weight is 348 g/mol. The van der Waals surface area contributed by atoms with Crippen molar-refractivity contribution in [1.82, 2.24) is 0 Å². The van der Waals surface area contributed by atoms with Crippen molar-refractivity contribution in [2.45, 2.75) is 34.6 Å². The summed E-state index contributed by atoms with van der Waals surface area (Å²) in [5.41, 5.74) is 0. The topological polar surface area (TPSA) is 101 Å². The van der Waals surface area contributed by atoms with Gasteiger partial charge < -0.3 is 25.5 Å². The molecule has 5 nitrogen and oxygen atoms in total. The molecule has 0 bridgehead atoms. The van der Waals surface area contributed by atoms with Crippen LogP contribution < -0.4 is 0 Å². The zero-order chi connectivity index (χ0) is 13.5. The Balaban J connectivity index is -0.0000000143. The minimum Gasteiger partial charge on any atom is -0.397 e. The molecular weight excluding hydrogens is 317 g/mol. The fourth-order valence-electron chi connectivity index (χ4n) is 0. The van der Waals surface area contributed by atoms with Crippen LogP contribution in [0.2, 0.25) is 0 Å². The Bertz CT molecular complexity index is 36.3. The minimum atomic E-state index is 0. The van der Waals surface area contributed by atoms with Gasteiger partial charge in [-0.15, -0.1) is 0 Å². The first-order chi connectivity index (χ1) is 7.07. The van der Waals surface area contributed by atoms with Gasteiger partial charge in [-0.3, -0.25) is 0 Å². The van der Waals surface area contributed by atoms with Crippen LogP contribution in [-0.4, -0.2) is 81.6 Å². The number of aliphatic hydroxyl groups is 5. The summed E-state index contributed by atoms with van der Waals surface area (Å²) >= 11 is 0. The monoisotopic (exact) mass is 347 g/mol.